The highest BCUT2D eigenvalue weighted by atomic mass is 35.5. The van der Waals surface area contributed by atoms with Gasteiger partial charge in [-0.3, -0.25) is 0 Å². The average Bonchev–Trinajstić information content (AvgIpc) is 2.05. The van der Waals surface area contributed by atoms with Crippen LogP contribution >= 0.6 is 11.6 Å². The number of hydrogen-bond donors (Lipinski definition) is 1. The molecule has 0 aliphatic rings. The lowest BCUT2D eigenvalue weighted by atomic mass is 10.1. The Morgan fingerprint density at radius 1 is 1.38 bits per heavy atom. The summed E-state index contributed by atoms with van der Waals surface area (Å²) in [5, 5.41) is 3.67. The lowest BCUT2D eigenvalue weighted by molar-refractivity contribution is 0.618. The molecule has 0 heterocycles. The van der Waals surface area contributed by atoms with Crippen molar-refractivity contribution in [2.75, 3.05) is 5.32 Å². The van der Waals surface area contributed by atoms with Crippen LogP contribution in [-0.4, -0.2) is 6.04 Å². The minimum atomic E-state index is -0.229. The normalized spacial score (nSPS) is 10.6. The maximum atomic E-state index is 13.1. The maximum absolute atomic E-state index is 13.1. The van der Waals surface area contributed by atoms with Gasteiger partial charge in [0.15, 0.2) is 0 Å². The van der Waals surface area contributed by atoms with Gasteiger partial charge < -0.3 is 5.32 Å². The van der Waals surface area contributed by atoms with Gasteiger partial charge in [0.05, 0.1) is 10.7 Å². The third kappa shape index (κ3) is 2.34. The summed E-state index contributed by atoms with van der Waals surface area (Å²) >= 11 is 5.92. The van der Waals surface area contributed by atoms with Crippen molar-refractivity contribution >= 4 is 17.3 Å². The summed E-state index contributed by atoms with van der Waals surface area (Å²) in [6.07, 6.45) is 0. The summed E-state index contributed by atoms with van der Waals surface area (Å²) in [7, 11) is 0. The second-order valence-electron chi connectivity index (χ2n) is 3.33. The Balaban J connectivity index is 3.10. The van der Waals surface area contributed by atoms with Crippen molar-refractivity contribution < 1.29 is 4.39 Å². The molecule has 0 aliphatic carbocycles. The SMILES string of the molecule is Cc1c(F)ccc(Cl)c1NC(C)C. The van der Waals surface area contributed by atoms with Crippen LogP contribution in [-0.2, 0) is 0 Å². The van der Waals surface area contributed by atoms with E-state index in [4.69, 9.17) is 11.6 Å². The van der Waals surface area contributed by atoms with Crippen molar-refractivity contribution in [3.63, 3.8) is 0 Å². The zero-order valence-corrected chi connectivity index (χ0v) is 8.74. The lowest BCUT2D eigenvalue weighted by Crippen LogP contribution is -2.11. The van der Waals surface area contributed by atoms with Crippen LogP contribution < -0.4 is 5.32 Å². The van der Waals surface area contributed by atoms with E-state index in [0.29, 0.717) is 16.3 Å². The summed E-state index contributed by atoms with van der Waals surface area (Å²) in [5.41, 5.74) is 1.26. The Morgan fingerprint density at radius 2 is 2.00 bits per heavy atom. The molecule has 1 aromatic rings. The molecule has 0 saturated heterocycles. The van der Waals surface area contributed by atoms with Crippen LogP contribution in [0.5, 0.6) is 0 Å². The van der Waals surface area contributed by atoms with E-state index in [1.807, 2.05) is 13.8 Å². The van der Waals surface area contributed by atoms with Gasteiger partial charge in [-0.1, -0.05) is 11.6 Å². The standard InChI is InChI=1S/C10H13ClFN/c1-6(2)13-10-7(3)9(12)5-4-8(10)11/h4-6,13H,1-3H3. The second-order valence-corrected chi connectivity index (χ2v) is 3.74. The Morgan fingerprint density at radius 3 is 2.54 bits per heavy atom. The summed E-state index contributed by atoms with van der Waals surface area (Å²) in [5.74, 6) is -0.229. The fourth-order valence-corrected chi connectivity index (χ4v) is 1.38. The number of benzene rings is 1. The van der Waals surface area contributed by atoms with Gasteiger partial charge in [-0.15, -0.1) is 0 Å². The molecular formula is C10H13ClFN. The van der Waals surface area contributed by atoms with Crippen molar-refractivity contribution in [2.45, 2.75) is 26.8 Å². The molecule has 3 heteroatoms. The first kappa shape index (κ1) is 10.3. The van der Waals surface area contributed by atoms with Crippen molar-refractivity contribution in [2.24, 2.45) is 0 Å². The first-order chi connectivity index (χ1) is 6.02. The second kappa shape index (κ2) is 3.97. The Hall–Kier alpha value is -0.760. The maximum Gasteiger partial charge on any atom is 0.128 e. The molecule has 1 rings (SSSR count). The van der Waals surface area contributed by atoms with Gasteiger partial charge in [-0.05, 0) is 32.9 Å². The number of anilines is 1. The molecule has 0 saturated carbocycles. The van der Waals surface area contributed by atoms with Crippen LogP contribution in [0.15, 0.2) is 12.1 Å². The van der Waals surface area contributed by atoms with Crippen molar-refractivity contribution in [1.82, 2.24) is 0 Å². The number of rotatable bonds is 2. The number of nitrogens with one attached hydrogen (secondary N) is 1. The quantitative estimate of drug-likeness (QED) is 0.771. The zero-order chi connectivity index (χ0) is 10.0. The van der Waals surface area contributed by atoms with E-state index in [1.54, 1.807) is 13.0 Å². The van der Waals surface area contributed by atoms with Crippen LogP contribution in [0.25, 0.3) is 0 Å². The van der Waals surface area contributed by atoms with Crippen molar-refractivity contribution in [3.8, 4) is 0 Å². The van der Waals surface area contributed by atoms with Gasteiger partial charge in [-0.2, -0.15) is 0 Å². The molecule has 0 amide bonds. The van der Waals surface area contributed by atoms with Gasteiger partial charge in [-0.25, -0.2) is 4.39 Å². The van der Waals surface area contributed by atoms with Gasteiger partial charge in [0.1, 0.15) is 5.82 Å². The molecule has 0 aliphatic heterocycles. The molecule has 13 heavy (non-hydrogen) atoms. The third-order valence-electron chi connectivity index (χ3n) is 1.78. The van der Waals surface area contributed by atoms with Gasteiger partial charge in [0.25, 0.3) is 0 Å². The number of hydrogen-bond acceptors (Lipinski definition) is 1. The lowest BCUT2D eigenvalue weighted by Gasteiger charge is -2.14. The molecule has 0 bridgehead atoms. The van der Waals surface area contributed by atoms with E-state index in [1.165, 1.54) is 6.07 Å². The van der Waals surface area contributed by atoms with E-state index in [-0.39, 0.29) is 11.9 Å². The third-order valence-corrected chi connectivity index (χ3v) is 2.10. The Bertz CT molecular complexity index is 310. The molecule has 1 nitrogen and oxygen atoms in total. The highest BCUT2D eigenvalue weighted by Crippen LogP contribution is 2.27. The highest BCUT2D eigenvalue weighted by Gasteiger charge is 2.08. The topological polar surface area (TPSA) is 12.0 Å². The number of halogens is 2. The van der Waals surface area contributed by atoms with Crippen LogP contribution in [0.4, 0.5) is 10.1 Å². The first-order valence-electron chi connectivity index (χ1n) is 4.23. The summed E-state index contributed by atoms with van der Waals surface area (Å²) in [6, 6.07) is 3.19. The van der Waals surface area contributed by atoms with Crippen molar-refractivity contribution in [3.05, 3.63) is 28.5 Å². The fourth-order valence-electron chi connectivity index (χ4n) is 1.12. The molecule has 72 valence electrons. The summed E-state index contributed by atoms with van der Waals surface area (Å²) in [6.45, 7) is 5.69. The van der Waals surface area contributed by atoms with Crippen LogP contribution in [0.1, 0.15) is 19.4 Å². The molecular weight excluding hydrogens is 189 g/mol. The predicted molar refractivity (Wildman–Crippen MR) is 54.9 cm³/mol. The van der Waals surface area contributed by atoms with Gasteiger partial charge >= 0.3 is 0 Å². The van der Waals surface area contributed by atoms with E-state index >= 15 is 0 Å². The molecule has 1 N–H and O–H groups in total. The minimum Gasteiger partial charge on any atom is -0.381 e. The summed E-state index contributed by atoms with van der Waals surface area (Å²) < 4.78 is 13.1. The molecule has 0 spiro atoms. The molecule has 1 aromatic carbocycles. The first-order valence-corrected chi connectivity index (χ1v) is 4.61. The molecule has 0 unspecified atom stereocenters. The van der Waals surface area contributed by atoms with E-state index in [2.05, 4.69) is 5.32 Å². The van der Waals surface area contributed by atoms with Gasteiger partial charge in [0, 0.05) is 11.6 Å². The molecule has 0 aromatic heterocycles. The zero-order valence-electron chi connectivity index (χ0n) is 7.99. The molecule has 0 radical (unpaired) electrons. The molecule has 0 atom stereocenters. The van der Waals surface area contributed by atoms with Crippen LogP contribution in [0, 0.1) is 12.7 Å². The average molecular weight is 202 g/mol. The minimum absolute atomic E-state index is 0.229. The van der Waals surface area contributed by atoms with E-state index in [9.17, 15) is 4.39 Å². The van der Waals surface area contributed by atoms with Gasteiger partial charge in [0.2, 0.25) is 0 Å². The van der Waals surface area contributed by atoms with Crippen molar-refractivity contribution in [1.29, 1.82) is 0 Å². The van der Waals surface area contributed by atoms with Crippen LogP contribution in [0.3, 0.4) is 0 Å². The fraction of sp³-hybridized carbons (Fsp3) is 0.400. The van der Waals surface area contributed by atoms with Crippen LogP contribution in [0.2, 0.25) is 5.02 Å². The monoisotopic (exact) mass is 201 g/mol. The summed E-state index contributed by atoms with van der Waals surface area (Å²) in [4.78, 5) is 0. The highest BCUT2D eigenvalue weighted by molar-refractivity contribution is 6.33. The Labute approximate surface area is 82.9 Å². The predicted octanol–water partition coefficient (Wildman–Crippen LogP) is 3.61. The van der Waals surface area contributed by atoms with E-state index in [0.717, 1.165) is 0 Å². The van der Waals surface area contributed by atoms with E-state index < -0.39 is 0 Å². The largest absolute Gasteiger partial charge is 0.381 e. The smallest absolute Gasteiger partial charge is 0.128 e. The Kier molecular flexibility index (Phi) is 3.15. The molecule has 0 fully saturated rings.